The number of hydrogen-bond donors (Lipinski definition) is 1. The molecule has 1 aliphatic rings. The van der Waals surface area contributed by atoms with Crippen molar-refractivity contribution in [3.63, 3.8) is 0 Å². The van der Waals surface area contributed by atoms with Gasteiger partial charge in [-0.2, -0.15) is 0 Å². The summed E-state index contributed by atoms with van der Waals surface area (Å²) in [6.45, 7) is 5.36. The number of hydrogen-bond acceptors (Lipinski definition) is 2. The first-order chi connectivity index (χ1) is 8.72. The molecule has 18 heavy (non-hydrogen) atoms. The SMILES string of the molecule is CCNC1CCC(C)CC1S(=O)c1ccccc1. The highest BCUT2D eigenvalue weighted by atomic mass is 32.2. The van der Waals surface area contributed by atoms with Crippen LogP contribution in [-0.2, 0) is 10.8 Å². The number of rotatable bonds is 4. The van der Waals surface area contributed by atoms with Crippen LogP contribution < -0.4 is 5.32 Å². The van der Waals surface area contributed by atoms with Crippen molar-refractivity contribution in [1.29, 1.82) is 0 Å². The lowest BCUT2D eigenvalue weighted by molar-refractivity contribution is 0.316. The van der Waals surface area contributed by atoms with Gasteiger partial charge in [0.2, 0.25) is 0 Å². The fourth-order valence-electron chi connectivity index (χ4n) is 2.79. The first kappa shape index (κ1) is 13.8. The van der Waals surface area contributed by atoms with Gasteiger partial charge in [0.05, 0.1) is 16.0 Å². The summed E-state index contributed by atoms with van der Waals surface area (Å²) >= 11 is 0. The summed E-state index contributed by atoms with van der Waals surface area (Å²) in [5.74, 6) is 0.692. The molecule has 2 nitrogen and oxygen atoms in total. The molecule has 0 bridgehead atoms. The summed E-state index contributed by atoms with van der Waals surface area (Å²) in [5, 5.41) is 3.77. The Morgan fingerprint density at radius 2 is 2.00 bits per heavy atom. The van der Waals surface area contributed by atoms with Crippen molar-refractivity contribution in [2.75, 3.05) is 6.54 Å². The molecule has 1 saturated carbocycles. The van der Waals surface area contributed by atoms with Crippen molar-refractivity contribution in [3.8, 4) is 0 Å². The minimum Gasteiger partial charge on any atom is -0.313 e. The summed E-state index contributed by atoms with van der Waals surface area (Å²) in [7, 11) is -0.885. The Labute approximate surface area is 113 Å². The first-order valence-corrected chi connectivity index (χ1v) is 8.12. The lowest BCUT2D eigenvalue weighted by Gasteiger charge is -2.34. The third-order valence-corrected chi connectivity index (χ3v) is 5.58. The van der Waals surface area contributed by atoms with Gasteiger partial charge in [0.15, 0.2) is 0 Å². The highest BCUT2D eigenvalue weighted by Gasteiger charge is 2.32. The third-order valence-electron chi connectivity index (χ3n) is 3.77. The van der Waals surface area contributed by atoms with Gasteiger partial charge in [0.1, 0.15) is 0 Å². The molecule has 0 heterocycles. The van der Waals surface area contributed by atoms with Crippen LogP contribution in [0.3, 0.4) is 0 Å². The molecule has 0 aliphatic heterocycles. The quantitative estimate of drug-likeness (QED) is 0.907. The van der Waals surface area contributed by atoms with Crippen LogP contribution in [0.4, 0.5) is 0 Å². The molecule has 4 atom stereocenters. The summed E-state index contributed by atoms with van der Waals surface area (Å²) in [6.07, 6.45) is 3.47. The highest BCUT2D eigenvalue weighted by Crippen LogP contribution is 2.30. The van der Waals surface area contributed by atoms with Crippen molar-refractivity contribution >= 4 is 10.8 Å². The van der Waals surface area contributed by atoms with E-state index in [9.17, 15) is 4.21 Å². The molecule has 0 amide bonds. The molecule has 100 valence electrons. The van der Waals surface area contributed by atoms with Gasteiger partial charge in [-0.25, -0.2) is 0 Å². The Kier molecular flexibility index (Phi) is 4.95. The van der Waals surface area contributed by atoms with E-state index in [-0.39, 0.29) is 5.25 Å². The molecule has 2 rings (SSSR count). The standard InChI is InChI=1S/C15H23NOS/c1-3-16-14-10-9-12(2)11-15(14)18(17)13-7-5-4-6-8-13/h4-8,12,14-16H,3,9-11H2,1-2H3. The maximum Gasteiger partial charge on any atom is 0.0576 e. The summed E-state index contributed by atoms with van der Waals surface area (Å²) in [6, 6.07) is 10.3. The van der Waals surface area contributed by atoms with E-state index in [1.807, 2.05) is 30.3 Å². The van der Waals surface area contributed by atoms with Crippen LogP contribution in [0.15, 0.2) is 35.2 Å². The van der Waals surface area contributed by atoms with Crippen LogP contribution in [0.2, 0.25) is 0 Å². The van der Waals surface area contributed by atoms with Gasteiger partial charge in [0, 0.05) is 10.9 Å². The van der Waals surface area contributed by atoms with Crippen LogP contribution in [0.25, 0.3) is 0 Å². The fraction of sp³-hybridized carbons (Fsp3) is 0.600. The van der Waals surface area contributed by atoms with Crippen molar-refractivity contribution in [2.45, 2.75) is 49.3 Å². The summed E-state index contributed by atoms with van der Waals surface area (Å²) < 4.78 is 12.7. The molecule has 3 heteroatoms. The maximum absolute atomic E-state index is 12.7. The van der Waals surface area contributed by atoms with E-state index in [0.717, 1.165) is 24.3 Å². The molecule has 1 aromatic rings. The van der Waals surface area contributed by atoms with Gasteiger partial charge in [-0.15, -0.1) is 0 Å². The Bertz CT molecular complexity index is 393. The van der Waals surface area contributed by atoms with Crippen LogP contribution in [0, 0.1) is 5.92 Å². The van der Waals surface area contributed by atoms with Gasteiger partial charge in [0.25, 0.3) is 0 Å². The van der Waals surface area contributed by atoms with Crippen molar-refractivity contribution in [2.24, 2.45) is 5.92 Å². The Morgan fingerprint density at radius 3 is 2.67 bits per heavy atom. The average molecular weight is 265 g/mol. The summed E-state index contributed by atoms with van der Waals surface area (Å²) in [5.41, 5.74) is 0. The zero-order chi connectivity index (χ0) is 13.0. The zero-order valence-corrected chi connectivity index (χ0v) is 12.1. The lowest BCUT2D eigenvalue weighted by Crippen LogP contribution is -2.45. The van der Waals surface area contributed by atoms with Gasteiger partial charge in [-0.05, 0) is 43.9 Å². The molecule has 1 fully saturated rings. The second kappa shape index (κ2) is 6.48. The van der Waals surface area contributed by atoms with E-state index in [1.54, 1.807) is 0 Å². The lowest BCUT2D eigenvalue weighted by atomic mass is 9.87. The molecule has 1 aliphatic carbocycles. The second-order valence-corrected chi connectivity index (χ2v) is 6.90. The largest absolute Gasteiger partial charge is 0.313 e. The zero-order valence-electron chi connectivity index (χ0n) is 11.3. The van der Waals surface area contributed by atoms with Gasteiger partial charge < -0.3 is 5.32 Å². The summed E-state index contributed by atoms with van der Waals surface area (Å²) in [4.78, 5) is 0.972. The van der Waals surface area contributed by atoms with Gasteiger partial charge >= 0.3 is 0 Å². The van der Waals surface area contributed by atoms with E-state index in [0.29, 0.717) is 12.0 Å². The Morgan fingerprint density at radius 1 is 1.28 bits per heavy atom. The Balaban J connectivity index is 2.14. The highest BCUT2D eigenvalue weighted by molar-refractivity contribution is 7.85. The number of nitrogens with one attached hydrogen (secondary N) is 1. The smallest absolute Gasteiger partial charge is 0.0576 e. The van der Waals surface area contributed by atoms with Gasteiger partial charge in [-0.1, -0.05) is 32.0 Å². The maximum atomic E-state index is 12.7. The Hall–Kier alpha value is -0.670. The van der Waals surface area contributed by atoms with E-state index < -0.39 is 10.8 Å². The van der Waals surface area contributed by atoms with E-state index >= 15 is 0 Å². The average Bonchev–Trinajstić information content (AvgIpc) is 2.41. The van der Waals surface area contributed by atoms with Crippen LogP contribution >= 0.6 is 0 Å². The molecule has 0 saturated heterocycles. The van der Waals surface area contributed by atoms with Crippen LogP contribution in [0.1, 0.15) is 33.1 Å². The second-order valence-electron chi connectivity index (χ2n) is 5.23. The predicted molar refractivity (Wildman–Crippen MR) is 77.1 cm³/mol. The predicted octanol–water partition coefficient (Wildman–Crippen LogP) is 2.96. The molecule has 0 aromatic heterocycles. The molecular formula is C15H23NOS. The molecule has 0 spiro atoms. The van der Waals surface area contributed by atoms with Crippen molar-refractivity contribution in [1.82, 2.24) is 5.32 Å². The van der Waals surface area contributed by atoms with E-state index in [2.05, 4.69) is 19.2 Å². The first-order valence-electron chi connectivity index (χ1n) is 6.91. The van der Waals surface area contributed by atoms with Crippen molar-refractivity contribution < 1.29 is 4.21 Å². The van der Waals surface area contributed by atoms with Gasteiger partial charge in [-0.3, -0.25) is 4.21 Å². The fourth-order valence-corrected chi connectivity index (χ4v) is 4.60. The molecular weight excluding hydrogens is 242 g/mol. The van der Waals surface area contributed by atoms with E-state index in [4.69, 9.17) is 0 Å². The minimum absolute atomic E-state index is 0.260. The third kappa shape index (κ3) is 3.21. The van der Waals surface area contributed by atoms with E-state index in [1.165, 1.54) is 6.42 Å². The van der Waals surface area contributed by atoms with Crippen LogP contribution in [-0.4, -0.2) is 22.0 Å². The normalized spacial score (nSPS) is 30.0. The molecule has 4 unspecified atom stereocenters. The number of benzene rings is 1. The van der Waals surface area contributed by atoms with Crippen molar-refractivity contribution in [3.05, 3.63) is 30.3 Å². The van der Waals surface area contributed by atoms with Crippen LogP contribution in [0.5, 0.6) is 0 Å². The topological polar surface area (TPSA) is 29.1 Å². The molecule has 1 aromatic carbocycles. The molecule has 0 radical (unpaired) electrons. The minimum atomic E-state index is -0.885. The monoisotopic (exact) mass is 265 g/mol. The molecule has 1 N–H and O–H groups in total.